The maximum atomic E-state index is 10.7. The number of hydrogen-bond acceptors (Lipinski definition) is 5. The van der Waals surface area contributed by atoms with E-state index in [0.717, 1.165) is 0 Å². The molecule has 0 atom stereocenters. The minimum atomic E-state index is -1.17. The third-order valence-corrected chi connectivity index (χ3v) is 4.33. The molecular weight excluding hydrogens is 476 g/mol. The zero-order chi connectivity index (χ0) is 20.2. The number of hydrogen-bond donors (Lipinski definition) is 3. The third-order valence-electron chi connectivity index (χ3n) is 3.42. The Balaban J connectivity index is 0.000000263. The van der Waals surface area contributed by atoms with E-state index in [1.807, 2.05) is 0 Å². The first-order valence-corrected chi connectivity index (χ1v) is 8.51. The van der Waals surface area contributed by atoms with Gasteiger partial charge in [0.25, 0.3) is 5.69 Å². The van der Waals surface area contributed by atoms with E-state index in [0.29, 0.717) is 20.2 Å². The van der Waals surface area contributed by atoms with Gasteiger partial charge in [0.15, 0.2) is 0 Å². The minimum Gasteiger partial charge on any atom is -0.478 e. The van der Waals surface area contributed by atoms with Gasteiger partial charge in [-0.15, -0.1) is 0 Å². The molecule has 2 rings (SSSR count). The molecule has 0 radical (unpaired) electrons. The second kappa shape index (κ2) is 8.77. The van der Waals surface area contributed by atoms with Crippen molar-refractivity contribution < 1.29 is 24.7 Å². The molecule has 0 aromatic heterocycles. The van der Waals surface area contributed by atoms with Gasteiger partial charge < -0.3 is 15.9 Å². The van der Waals surface area contributed by atoms with Gasteiger partial charge in [0.1, 0.15) is 0 Å². The largest absolute Gasteiger partial charge is 0.478 e. The average Bonchev–Trinajstić information content (AvgIpc) is 2.52. The maximum absolute atomic E-state index is 10.7. The van der Waals surface area contributed by atoms with Crippen LogP contribution in [0.2, 0.25) is 0 Å². The molecule has 0 unspecified atom stereocenters. The Morgan fingerprint density at radius 2 is 1.38 bits per heavy atom. The van der Waals surface area contributed by atoms with Gasteiger partial charge in [0.2, 0.25) is 0 Å². The molecule has 138 valence electrons. The van der Waals surface area contributed by atoms with Crippen molar-refractivity contribution in [3.63, 3.8) is 0 Å². The van der Waals surface area contributed by atoms with Gasteiger partial charge >= 0.3 is 11.9 Å². The Hall–Kier alpha value is -2.46. The number of nitrogens with two attached hydrogens (primary N) is 1. The molecule has 0 heterocycles. The van der Waals surface area contributed by atoms with Crippen LogP contribution in [0, 0.1) is 24.0 Å². The highest BCUT2D eigenvalue weighted by Gasteiger charge is 2.19. The minimum absolute atomic E-state index is 0.0638. The predicted octanol–water partition coefficient (Wildman–Crippen LogP) is 4.40. The van der Waals surface area contributed by atoms with Crippen LogP contribution in [0.3, 0.4) is 0 Å². The average molecular weight is 490 g/mol. The lowest BCUT2D eigenvalue weighted by molar-refractivity contribution is -0.385. The molecule has 8 nitrogen and oxygen atoms in total. The number of anilines is 1. The number of aromatic carboxylic acids is 2. The van der Waals surface area contributed by atoms with Crippen LogP contribution in [0.25, 0.3) is 0 Å². The molecule has 0 saturated carbocycles. The summed E-state index contributed by atoms with van der Waals surface area (Å²) in [5.41, 5.74) is 6.79. The highest BCUT2D eigenvalue weighted by atomic mass is 79.9. The van der Waals surface area contributed by atoms with Crippen LogP contribution in [-0.4, -0.2) is 27.1 Å². The van der Waals surface area contributed by atoms with E-state index in [1.54, 1.807) is 13.0 Å². The molecule has 0 fully saturated rings. The normalized spacial score (nSPS) is 9.85. The predicted molar refractivity (Wildman–Crippen MR) is 103 cm³/mol. The maximum Gasteiger partial charge on any atom is 0.336 e. The molecular formula is C16H14Br2N2O6. The number of carboxylic acid groups (broad SMARTS) is 2. The second-order valence-corrected chi connectivity index (χ2v) is 6.96. The fourth-order valence-corrected chi connectivity index (χ4v) is 2.92. The van der Waals surface area contributed by atoms with Gasteiger partial charge in [-0.2, -0.15) is 0 Å². The molecule has 26 heavy (non-hydrogen) atoms. The monoisotopic (exact) mass is 488 g/mol. The fraction of sp³-hybridized carbons (Fsp3) is 0.125. The number of carboxylic acids is 2. The lowest BCUT2D eigenvalue weighted by atomic mass is 10.1. The molecule has 0 aliphatic carbocycles. The van der Waals surface area contributed by atoms with Gasteiger partial charge in [0, 0.05) is 26.3 Å². The van der Waals surface area contributed by atoms with Crippen LogP contribution in [-0.2, 0) is 0 Å². The van der Waals surface area contributed by atoms with Crippen molar-refractivity contribution in [1.82, 2.24) is 0 Å². The first kappa shape index (κ1) is 21.6. The summed E-state index contributed by atoms with van der Waals surface area (Å²) in [6, 6.07) is 5.84. The zero-order valence-corrected chi connectivity index (χ0v) is 16.8. The smallest absolute Gasteiger partial charge is 0.336 e. The number of nitro benzene ring substituents is 1. The molecule has 0 aliphatic rings. The summed E-state index contributed by atoms with van der Waals surface area (Å²) in [4.78, 5) is 31.3. The van der Waals surface area contributed by atoms with E-state index >= 15 is 0 Å². The van der Waals surface area contributed by atoms with E-state index < -0.39 is 16.9 Å². The van der Waals surface area contributed by atoms with Crippen LogP contribution in [0.1, 0.15) is 31.8 Å². The van der Waals surface area contributed by atoms with Crippen molar-refractivity contribution >= 4 is 55.2 Å². The van der Waals surface area contributed by atoms with Crippen LogP contribution >= 0.6 is 31.9 Å². The van der Waals surface area contributed by atoms with Crippen LogP contribution in [0.15, 0.2) is 33.2 Å². The Labute approximate surface area is 165 Å². The van der Waals surface area contributed by atoms with Crippen LogP contribution in [0.5, 0.6) is 0 Å². The standard InChI is InChI=1S/C8H6BrNO4.C8H8BrNO2/c1-4-6(8(11)12)2-5(9)3-7(4)10(13)14;1-4-6(8(11)12)2-5(9)3-7(4)10/h2-3H,1H3,(H,11,12);2-3H,10H2,1H3,(H,11,12). The zero-order valence-electron chi connectivity index (χ0n) is 13.6. The fourth-order valence-electron chi connectivity index (χ4n) is 2.00. The van der Waals surface area contributed by atoms with E-state index in [-0.39, 0.29) is 22.4 Å². The van der Waals surface area contributed by atoms with E-state index in [4.69, 9.17) is 15.9 Å². The van der Waals surface area contributed by atoms with Crippen molar-refractivity contribution in [2.45, 2.75) is 13.8 Å². The first-order valence-electron chi connectivity index (χ1n) is 6.92. The number of carbonyl (C=O) groups is 2. The molecule has 2 aromatic carbocycles. The van der Waals surface area contributed by atoms with Crippen molar-refractivity contribution in [2.24, 2.45) is 0 Å². The molecule has 4 N–H and O–H groups in total. The lowest BCUT2D eigenvalue weighted by Gasteiger charge is -2.04. The van der Waals surface area contributed by atoms with Gasteiger partial charge in [-0.25, -0.2) is 9.59 Å². The lowest BCUT2D eigenvalue weighted by Crippen LogP contribution is -2.03. The highest BCUT2D eigenvalue weighted by Crippen LogP contribution is 2.26. The topological polar surface area (TPSA) is 144 Å². The van der Waals surface area contributed by atoms with Crippen molar-refractivity contribution in [3.05, 3.63) is 65.6 Å². The number of nitrogen functional groups attached to an aromatic ring is 1. The summed E-state index contributed by atoms with van der Waals surface area (Å²) < 4.78 is 1.07. The number of halogens is 2. The first-order chi connectivity index (χ1) is 12.0. The molecule has 10 heteroatoms. The van der Waals surface area contributed by atoms with Gasteiger partial charge in [-0.1, -0.05) is 31.9 Å². The molecule has 0 aliphatic heterocycles. The van der Waals surface area contributed by atoms with Gasteiger partial charge in [-0.3, -0.25) is 10.1 Å². The van der Waals surface area contributed by atoms with E-state index in [9.17, 15) is 19.7 Å². The third kappa shape index (κ3) is 5.27. The van der Waals surface area contributed by atoms with Crippen LogP contribution in [0.4, 0.5) is 11.4 Å². The van der Waals surface area contributed by atoms with Crippen LogP contribution < -0.4 is 5.73 Å². The Morgan fingerprint density at radius 1 is 0.962 bits per heavy atom. The number of rotatable bonds is 3. The molecule has 0 bridgehead atoms. The van der Waals surface area contributed by atoms with Crippen molar-refractivity contribution in [2.75, 3.05) is 5.73 Å². The van der Waals surface area contributed by atoms with Gasteiger partial charge in [0.05, 0.1) is 16.1 Å². The Morgan fingerprint density at radius 3 is 1.81 bits per heavy atom. The number of benzene rings is 2. The molecule has 0 saturated heterocycles. The summed E-state index contributed by atoms with van der Waals surface area (Å²) >= 11 is 6.19. The quantitative estimate of drug-likeness (QED) is 0.329. The van der Waals surface area contributed by atoms with Crippen molar-refractivity contribution in [1.29, 1.82) is 0 Å². The second-order valence-electron chi connectivity index (χ2n) is 5.13. The summed E-state index contributed by atoms with van der Waals surface area (Å²) in [7, 11) is 0. The summed E-state index contributed by atoms with van der Waals surface area (Å²) in [5, 5.41) is 28.0. The van der Waals surface area contributed by atoms with Gasteiger partial charge in [-0.05, 0) is 37.6 Å². The summed E-state index contributed by atoms with van der Waals surface area (Å²) in [6.07, 6.45) is 0. The highest BCUT2D eigenvalue weighted by molar-refractivity contribution is 9.10. The molecule has 0 amide bonds. The number of nitro groups is 1. The Bertz CT molecular complexity index is 864. The van der Waals surface area contributed by atoms with E-state index in [1.165, 1.54) is 25.1 Å². The van der Waals surface area contributed by atoms with Crippen molar-refractivity contribution in [3.8, 4) is 0 Å². The summed E-state index contributed by atoms with van der Waals surface area (Å²) in [6.45, 7) is 3.10. The summed E-state index contributed by atoms with van der Waals surface area (Å²) in [5.74, 6) is -2.13. The molecule has 2 aromatic rings. The van der Waals surface area contributed by atoms with E-state index in [2.05, 4.69) is 31.9 Å². The molecule has 0 spiro atoms. The SMILES string of the molecule is Cc1c(C(=O)O)cc(Br)cc1[N+](=O)[O-].Cc1c(N)cc(Br)cc1C(=O)O. The number of nitrogens with zero attached hydrogens (tertiary/aromatic N) is 1. The Kier molecular flexibility index (Phi) is 7.28.